The van der Waals surface area contributed by atoms with Crippen molar-refractivity contribution in [3.8, 4) is 0 Å². The highest BCUT2D eigenvalue weighted by molar-refractivity contribution is 5.91. The number of para-hydroxylation sites is 1. The number of hydrogen-bond donors (Lipinski definition) is 1. The standard InChI is InChI=1S/C17H22N2O2/c1-19(10-13-5-4-8-21-12-13)17-9-14(11-20)18-16-7-3-2-6-15(16)17/h2-3,6-7,9,13,20H,4-5,8,10-12H2,1H3. The van der Waals surface area contributed by atoms with Gasteiger partial charge in [0.15, 0.2) is 0 Å². The van der Waals surface area contributed by atoms with E-state index in [2.05, 4.69) is 23.0 Å². The van der Waals surface area contributed by atoms with E-state index in [0.29, 0.717) is 5.92 Å². The molecule has 4 heteroatoms. The van der Waals surface area contributed by atoms with Crippen LogP contribution in [0.2, 0.25) is 0 Å². The quantitative estimate of drug-likeness (QED) is 0.938. The second-order valence-electron chi connectivity index (χ2n) is 5.77. The Bertz CT molecular complexity index is 609. The summed E-state index contributed by atoms with van der Waals surface area (Å²) in [5.74, 6) is 0.577. The smallest absolute Gasteiger partial charge is 0.0854 e. The van der Waals surface area contributed by atoms with Gasteiger partial charge in [0, 0.05) is 31.3 Å². The number of aliphatic hydroxyl groups is 1. The van der Waals surface area contributed by atoms with E-state index in [9.17, 15) is 5.11 Å². The van der Waals surface area contributed by atoms with Crippen molar-refractivity contribution in [3.63, 3.8) is 0 Å². The maximum Gasteiger partial charge on any atom is 0.0854 e. The second-order valence-corrected chi connectivity index (χ2v) is 5.77. The van der Waals surface area contributed by atoms with E-state index in [1.165, 1.54) is 6.42 Å². The maximum absolute atomic E-state index is 9.42. The van der Waals surface area contributed by atoms with Gasteiger partial charge in [-0.25, -0.2) is 0 Å². The Balaban J connectivity index is 1.90. The lowest BCUT2D eigenvalue weighted by Gasteiger charge is -2.29. The van der Waals surface area contributed by atoms with Gasteiger partial charge in [-0.15, -0.1) is 0 Å². The fourth-order valence-electron chi connectivity index (χ4n) is 3.04. The normalized spacial score (nSPS) is 18.9. The molecule has 0 amide bonds. The minimum atomic E-state index is -0.0295. The Morgan fingerprint density at radius 3 is 3.00 bits per heavy atom. The molecule has 0 aliphatic carbocycles. The summed E-state index contributed by atoms with van der Waals surface area (Å²) < 4.78 is 5.57. The summed E-state index contributed by atoms with van der Waals surface area (Å²) in [4.78, 5) is 6.75. The third kappa shape index (κ3) is 3.17. The van der Waals surface area contributed by atoms with Gasteiger partial charge in [-0.3, -0.25) is 4.98 Å². The third-order valence-electron chi connectivity index (χ3n) is 4.11. The van der Waals surface area contributed by atoms with Crippen molar-refractivity contribution in [1.82, 2.24) is 4.98 Å². The van der Waals surface area contributed by atoms with Crippen molar-refractivity contribution in [2.24, 2.45) is 5.92 Å². The Hall–Kier alpha value is -1.65. The molecule has 1 aromatic heterocycles. The second kappa shape index (κ2) is 6.41. The molecule has 1 aliphatic rings. The summed E-state index contributed by atoms with van der Waals surface area (Å²) in [5.41, 5.74) is 2.79. The van der Waals surface area contributed by atoms with E-state index < -0.39 is 0 Å². The highest BCUT2D eigenvalue weighted by Crippen LogP contribution is 2.27. The third-order valence-corrected chi connectivity index (χ3v) is 4.11. The Labute approximate surface area is 125 Å². The molecular formula is C17H22N2O2. The largest absolute Gasteiger partial charge is 0.390 e. The van der Waals surface area contributed by atoms with Crippen LogP contribution in [0.15, 0.2) is 30.3 Å². The molecule has 4 nitrogen and oxygen atoms in total. The van der Waals surface area contributed by atoms with Crippen LogP contribution in [0.25, 0.3) is 10.9 Å². The molecule has 0 saturated carbocycles. The van der Waals surface area contributed by atoms with Crippen molar-refractivity contribution in [2.75, 3.05) is 31.7 Å². The van der Waals surface area contributed by atoms with Crippen LogP contribution in [0.4, 0.5) is 5.69 Å². The van der Waals surface area contributed by atoms with Crippen LogP contribution >= 0.6 is 0 Å². The number of anilines is 1. The number of aromatic nitrogens is 1. The molecule has 1 unspecified atom stereocenters. The van der Waals surface area contributed by atoms with Crippen molar-refractivity contribution in [2.45, 2.75) is 19.4 Å². The first-order chi connectivity index (χ1) is 10.3. The number of rotatable bonds is 4. The predicted octanol–water partition coefficient (Wildman–Crippen LogP) is 2.59. The van der Waals surface area contributed by atoms with Crippen molar-refractivity contribution >= 4 is 16.6 Å². The predicted molar refractivity (Wildman–Crippen MR) is 84.5 cm³/mol. The van der Waals surface area contributed by atoms with Crippen LogP contribution in [0.5, 0.6) is 0 Å². The average Bonchev–Trinajstić information content (AvgIpc) is 2.54. The van der Waals surface area contributed by atoms with Gasteiger partial charge in [-0.1, -0.05) is 18.2 Å². The summed E-state index contributed by atoms with van der Waals surface area (Å²) in [5, 5.41) is 10.6. The number of nitrogens with zero attached hydrogens (tertiary/aromatic N) is 2. The first kappa shape index (κ1) is 14.3. The van der Waals surface area contributed by atoms with Gasteiger partial charge < -0.3 is 14.7 Å². The SMILES string of the molecule is CN(CC1CCCOC1)c1cc(CO)nc2ccccc12. The molecule has 0 radical (unpaired) electrons. The molecule has 1 atom stereocenters. The van der Waals surface area contributed by atoms with Crippen LogP contribution in [-0.4, -0.2) is 36.9 Å². The molecule has 1 N–H and O–H groups in total. The molecule has 0 bridgehead atoms. The monoisotopic (exact) mass is 286 g/mol. The lowest BCUT2D eigenvalue weighted by atomic mass is 10.0. The lowest BCUT2D eigenvalue weighted by molar-refractivity contribution is 0.0576. The first-order valence-corrected chi connectivity index (χ1v) is 7.56. The van der Waals surface area contributed by atoms with Gasteiger partial charge in [-0.05, 0) is 30.9 Å². The zero-order chi connectivity index (χ0) is 14.7. The highest BCUT2D eigenvalue weighted by atomic mass is 16.5. The Morgan fingerprint density at radius 1 is 1.38 bits per heavy atom. The van der Waals surface area contributed by atoms with Gasteiger partial charge in [0.1, 0.15) is 0 Å². The van der Waals surface area contributed by atoms with E-state index in [0.717, 1.165) is 48.5 Å². The molecule has 1 saturated heterocycles. The van der Waals surface area contributed by atoms with Gasteiger partial charge in [0.05, 0.1) is 24.4 Å². The van der Waals surface area contributed by atoms with E-state index in [4.69, 9.17) is 4.74 Å². The number of hydrogen-bond acceptors (Lipinski definition) is 4. The van der Waals surface area contributed by atoms with Gasteiger partial charge in [-0.2, -0.15) is 0 Å². The van der Waals surface area contributed by atoms with Gasteiger partial charge >= 0.3 is 0 Å². The molecule has 3 rings (SSSR count). The molecular weight excluding hydrogens is 264 g/mol. The minimum absolute atomic E-state index is 0.0295. The van der Waals surface area contributed by atoms with Gasteiger partial charge in [0.25, 0.3) is 0 Å². The topological polar surface area (TPSA) is 45.6 Å². The molecule has 112 valence electrons. The Kier molecular flexibility index (Phi) is 4.36. The molecule has 21 heavy (non-hydrogen) atoms. The molecule has 2 aromatic rings. The molecule has 2 heterocycles. The molecule has 1 fully saturated rings. The fraction of sp³-hybridized carbons (Fsp3) is 0.471. The highest BCUT2D eigenvalue weighted by Gasteiger charge is 2.17. The van der Waals surface area contributed by atoms with Gasteiger partial charge in [0.2, 0.25) is 0 Å². The van der Waals surface area contributed by atoms with Crippen molar-refractivity contribution in [3.05, 3.63) is 36.0 Å². The van der Waals surface area contributed by atoms with Crippen LogP contribution in [-0.2, 0) is 11.3 Å². The van der Waals surface area contributed by atoms with Crippen molar-refractivity contribution in [1.29, 1.82) is 0 Å². The lowest BCUT2D eigenvalue weighted by Crippen LogP contribution is -2.31. The summed E-state index contributed by atoms with van der Waals surface area (Å²) in [6.07, 6.45) is 2.37. The van der Waals surface area contributed by atoms with E-state index in [1.807, 2.05) is 24.3 Å². The number of aliphatic hydroxyl groups excluding tert-OH is 1. The van der Waals surface area contributed by atoms with Crippen LogP contribution < -0.4 is 4.90 Å². The number of pyridine rings is 1. The molecule has 1 aromatic carbocycles. The van der Waals surface area contributed by atoms with Crippen LogP contribution in [0, 0.1) is 5.92 Å². The maximum atomic E-state index is 9.42. The number of benzene rings is 1. The summed E-state index contributed by atoms with van der Waals surface area (Å²) in [6, 6.07) is 10.1. The Morgan fingerprint density at radius 2 is 2.24 bits per heavy atom. The zero-order valence-corrected chi connectivity index (χ0v) is 12.5. The molecule has 1 aliphatic heterocycles. The number of fused-ring (bicyclic) bond motifs is 1. The number of ether oxygens (including phenoxy) is 1. The van der Waals surface area contributed by atoms with Crippen LogP contribution in [0.3, 0.4) is 0 Å². The van der Waals surface area contributed by atoms with E-state index in [-0.39, 0.29) is 6.61 Å². The molecule has 0 spiro atoms. The van der Waals surface area contributed by atoms with Crippen LogP contribution in [0.1, 0.15) is 18.5 Å². The summed E-state index contributed by atoms with van der Waals surface area (Å²) >= 11 is 0. The zero-order valence-electron chi connectivity index (χ0n) is 12.5. The fourth-order valence-corrected chi connectivity index (χ4v) is 3.04. The average molecular weight is 286 g/mol. The van der Waals surface area contributed by atoms with Crippen molar-refractivity contribution < 1.29 is 9.84 Å². The first-order valence-electron chi connectivity index (χ1n) is 7.56. The van der Waals surface area contributed by atoms with E-state index >= 15 is 0 Å². The summed E-state index contributed by atoms with van der Waals surface area (Å²) in [6.45, 7) is 2.68. The summed E-state index contributed by atoms with van der Waals surface area (Å²) in [7, 11) is 2.11. The van der Waals surface area contributed by atoms with E-state index in [1.54, 1.807) is 0 Å². The minimum Gasteiger partial charge on any atom is -0.390 e.